The maximum absolute atomic E-state index is 14.7. The van der Waals surface area contributed by atoms with E-state index in [1.165, 1.54) is 24.9 Å². The number of nitrogens with two attached hydrogens (primary N) is 1. The van der Waals surface area contributed by atoms with Crippen LogP contribution in [0.4, 0.5) is 5.95 Å². The van der Waals surface area contributed by atoms with Crippen LogP contribution in [0.2, 0.25) is 0 Å². The van der Waals surface area contributed by atoms with E-state index in [9.17, 15) is 24.4 Å². The van der Waals surface area contributed by atoms with Gasteiger partial charge in [0, 0.05) is 0 Å². The van der Waals surface area contributed by atoms with Gasteiger partial charge in [0.25, 0.3) is 0 Å². The van der Waals surface area contributed by atoms with Crippen LogP contribution in [0.3, 0.4) is 0 Å². The highest BCUT2D eigenvalue weighted by atomic mass is 31.2. The van der Waals surface area contributed by atoms with Gasteiger partial charge in [-0.05, 0) is 59.3 Å². The molecule has 0 saturated carbocycles. The Morgan fingerprint density at radius 3 is 2.00 bits per heavy atom. The lowest BCUT2D eigenvalue weighted by Crippen LogP contribution is -2.46. The zero-order valence-corrected chi connectivity index (χ0v) is 30.1. The highest BCUT2D eigenvalue weighted by Crippen LogP contribution is 2.46. The molecule has 18 heteroatoms. The molecule has 0 aliphatic carbocycles. The van der Waals surface area contributed by atoms with Crippen LogP contribution in [0.25, 0.3) is 11.2 Å². The number of nitrogen functional groups attached to an aromatic ring is 1. The maximum atomic E-state index is 14.7. The number of anilines is 1. The number of methoxy groups -OCH3 is 1. The molecular formula is C30H50N7O10P. The van der Waals surface area contributed by atoms with Gasteiger partial charge >= 0.3 is 19.6 Å². The van der Waals surface area contributed by atoms with Gasteiger partial charge in [-0.15, -0.1) is 0 Å². The molecule has 0 fully saturated rings. The number of nitrogens with one attached hydrogen (secondary N) is 2. The molecule has 2 unspecified atom stereocenters. The number of imidazole rings is 1. The smallest absolute Gasteiger partial charge is 0.342 e. The van der Waals surface area contributed by atoms with E-state index < -0.39 is 68.1 Å². The third-order valence-electron chi connectivity index (χ3n) is 7.05. The molecule has 0 saturated heterocycles. The summed E-state index contributed by atoms with van der Waals surface area (Å²) in [6, 6.07) is -2.21. The van der Waals surface area contributed by atoms with Crippen LogP contribution in [-0.4, -0.2) is 85.3 Å². The van der Waals surface area contributed by atoms with Crippen molar-refractivity contribution in [2.45, 2.75) is 111 Å². The Balaban J connectivity index is 1.98. The number of aliphatic hydroxyl groups excluding tert-OH is 1. The van der Waals surface area contributed by atoms with Gasteiger partial charge in [-0.2, -0.15) is 9.97 Å². The number of rotatable bonds is 17. The molecule has 2 aromatic heterocycles. The van der Waals surface area contributed by atoms with Crippen LogP contribution in [-0.2, 0) is 32.9 Å². The molecule has 0 radical (unpaired) electrons. The number of nitrogens with zero attached hydrogens (tertiary/aromatic N) is 4. The number of ether oxygens (including phenoxy) is 4. The molecule has 2 aromatic rings. The topological polar surface area (TPSA) is 231 Å². The molecule has 3 heterocycles. The summed E-state index contributed by atoms with van der Waals surface area (Å²) in [4.78, 5) is 38.7. The molecule has 5 atom stereocenters. The Morgan fingerprint density at radius 1 is 1.02 bits per heavy atom. The Bertz CT molecular complexity index is 1480. The summed E-state index contributed by atoms with van der Waals surface area (Å²) >= 11 is 0. The second kappa shape index (κ2) is 15.8. The number of carbonyl (C=O) groups is 2. The number of esters is 2. The van der Waals surface area contributed by atoms with E-state index >= 15 is 0 Å². The molecule has 0 bridgehead atoms. The Kier molecular flexibility index (Phi) is 12.8. The quantitative estimate of drug-likeness (QED) is 0.117. The second-order valence-corrected chi connectivity index (χ2v) is 15.1. The first-order chi connectivity index (χ1) is 22.3. The van der Waals surface area contributed by atoms with Crippen molar-refractivity contribution in [3.05, 3.63) is 17.8 Å². The van der Waals surface area contributed by atoms with Crippen molar-refractivity contribution in [3.63, 3.8) is 0 Å². The van der Waals surface area contributed by atoms with Crippen LogP contribution >= 0.6 is 7.67 Å². The van der Waals surface area contributed by atoms with E-state index in [0.717, 1.165) is 0 Å². The third-order valence-corrected chi connectivity index (χ3v) is 8.84. The van der Waals surface area contributed by atoms with E-state index in [2.05, 4.69) is 25.1 Å². The van der Waals surface area contributed by atoms with Gasteiger partial charge in [0.2, 0.25) is 18.1 Å². The number of fused-ring (bicyclic) bond motifs is 1. The molecule has 48 heavy (non-hydrogen) atoms. The van der Waals surface area contributed by atoms with Crippen LogP contribution < -0.4 is 20.6 Å². The van der Waals surface area contributed by atoms with Gasteiger partial charge in [0.1, 0.15) is 25.0 Å². The summed E-state index contributed by atoms with van der Waals surface area (Å²) in [5, 5.41) is 28.1. The van der Waals surface area contributed by atoms with Crippen molar-refractivity contribution in [2.24, 2.45) is 11.8 Å². The van der Waals surface area contributed by atoms with Crippen LogP contribution in [0.15, 0.2) is 17.8 Å². The molecule has 1 aliphatic rings. The Hall–Kier alpha value is -3.50. The predicted molar refractivity (Wildman–Crippen MR) is 175 cm³/mol. The molecule has 3 rings (SSSR count). The SMILES string of the molecule is COc1nc(N)nc2c1ncn2[C@@H]1OC(COP(=O)(N[C@@H](CC(C)C)C(=O)OC(C)C)N[C@H](CC(C)C)C(=O)OC(C)C)=C(O)C1(C)O. The number of hydrogen-bond acceptors (Lipinski definition) is 14. The standard InChI is InChI=1S/C30H50N7O10P/c1-15(2)11-19(26(39)45-17(5)6)35-48(42,36-20(12-16(3)4)27(40)46-18(7)8)44-13-21-23(38)30(9,41)28(47-21)37-14-32-22-24(37)33-29(31)34-25(22)43-10/h14-20,28,38,41H,11-13H2,1-10H3,(H2,31,33,34)(H2,35,36,42)/t19-,20+,28-,30?,48?/m1/s1. The fraction of sp³-hybridized carbons (Fsp3) is 0.700. The first-order valence-corrected chi connectivity index (χ1v) is 17.5. The summed E-state index contributed by atoms with van der Waals surface area (Å²) < 4.78 is 43.9. The van der Waals surface area contributed by atoms with E-state index in [1.54, 1.807) is 27.7 Å². The summed E-state index contributed by atoms with van der Waals surface area (Å²) in [6.45, 7) is 14.9. The molecule has 270 valence electrons. The van der Waals surface area contributed by atoms with Crippen LogP contribution in [0, 0.1) is 11.8 Å². The molecule has 1 aliphatic heterocycles. The minimum Gasteiger partial charge on any atom is -0.506 e. The Labute approximate surface area is 280 Å². The second-order valence-electron chi connectivity index (χ2n) is 13.2. The van der Waals surface area contributed by atoms with Crippen molar-refractivity contribution >= 4 is 36.7 Å². The summed E-state index contributed by atoms with van der Waals surface area (Å²) in [7, 11) is -2.99. The van der Waals surface area contributed by atoms with Crippen molar-refractivity contribution in [2.75, 3.05) is 19.5 Å². The fourth-order valence-corrected chi connectivity index (χ4v) is 6.77. The molecule has 0 amide bonds. The largest absolute Gasteiger partial charge is 0.506 e. The van der Waals surface area contributed by atoms with Gasteiger partial charge in [0.15, 0.2) is 28.3 Å². The van der Waals surface area contributed by atoms with Gasteiger partial charge in [-0.1, -0.05) is 27.7 Å². The van der Waals surface area contributed by atoms with E-state index in [4.69, 9.17) is 29.2 Å². The van der Waals surface area contributed by atoms with Crippen molar-refractivity contribution in [1.29, 1.82) is 0 Å². The van der Waals surface area contributed by atoms with Crippen molar-refractivity contribution in [3.8, 4) is 5.88 Å². The lowest BCUT2D eigenvalue weighted by molar-refractivity contribution is -0.150. The van der Waals surface area contributed by atoms with Crippen LogP contribution in [0.5, 0.6) is 5.88 Å². The number of hydrogen-bond donors (Lipinski definition) is 5. The zero-order valence-electron chi connectivity index (χ0n) is 29.2. The Morgan fingerprint density at radius 2 is 1.54 bits per heavy atom. The van der Waals surface area contributed by atoms with Crippen LogP contribution in [0.1, 0.15) is 81.4 Å². The maximum Gasteiger partial charge on any atom is 0.342 e. The fourth-order valence-electron chi connectivity index (χ4n) is 5.00. The predicted octanol–water partition coefficient (Wildman–Crippen LogP) is 3.50. The van der Waals surface area contributed by atoms with Gasteiger partial charge in [0.05, 0.1) is 19.3 Å². The average molecular weight is 700 g/mol. The monoisotopic (exact) mass is 699 g/mol. The highest BCUT2D eigenvalue weighted by Gasteiger charge is 2.49. The highest BCUT2D eigenvalue weighted by molar-refractivity contribution is 7.54. The lowest BCUT2D eigenvalue weighted by atomic mass is 10.0. The lowest BCUT2D eigenvalue weighted by Gasteiger charge is -2.30. The van der Waals surface area contributed by atoms with Gasteiger partial charge in [-0.25, -0.2) is 15.2 Å². The molecular weight excluding hydrogens is 649 g/mol. The van der Waals surface area contributed by atoms with E-state index in [0.29, 0.717) is 0 Å². The van der Waals surface area contributed by atoms with Gasteiger partial charge < -0.3 is 34.9 Å². The van der Waals surface area contributed by atoms with Crippen molar-refractivity contribution in [1.82, 2.24) is 29.7 Å². The number of aliphatic hydroxyl groups is 2. The normalized spacial score (nSPS) is 20.8. The molecule has 0 spiro atoms. The third kappa shape index (κ3) is 9.56. The minimum absolute atomic E-state index is 0.0322. The zero-order chi connectivity index (χ0) is 36.1. The van der Waals surface area contributed by atoms with E-state index in [1.807, 2.05) is 27.7 Å². The number of aromatic nitrogens is 4. The summed E-state index contributed by atoms with van der Waals surface area (Å²) in [5.41, 5.74) is 4.16. The summed E-state index contributed by atoms with van der Waals surface area (Å²) in [5.74, 6) is -2.33. The number of carbonyl (C=O) groups excluding carboxylic acids is 2. The minimum atomic E-state index is -4.38. The average Bonchev–Trinajstić information content (AvgIpc) is 3.46. The molecule has 17 nitrogen and oxygen atoms in total. The van der Waals surface area contributed by atoms with E-state index in [-0.39, 0.29) is 53.4 Å². The summed E-state index contributed by atoms with van der Waals surface area (Å²) in [6.07, 6.45) is -0.497. The van der Waals surface area contributed by atoms with Crippen molar-refractivity contribution < 1.29 is 47.8 Å². The molecule has 6 N–H and O–H groups in total. The van der Waals surface area contributed by atoms with Gasteiger partial charge in [-0.3, -0.25) is 23.2 Å². The molecule has 0 aromatic carbocycles. The first kappa shape index (κ1) is 38.9. The first-order valence-electron chi connectivity index (χ1n) is 15.8.